The van der Waals surface area contributed by atoms with Crippen molar-refractivity contribution in [1.82, 2.24) is 14.6 Å². The SMILES string of the molecule is O=S(=O)(Nc1cc(C2=CCCC=C2)cc2c(Cl)cnn12)c1cccnc1. The molecule has 0 saturated carbocycles. The smallest absolute Gasteiger partial charge is 0.263 e. The highest BCUT2D eigenvalue weighted by atomic mass is 35.5. The standard InChI is InChI=1S/C18H15ClN4O2S/c19-16-12-21-23-17(16)9-14(13-5-2-1-3-6-13)10-18(23)22-26(24,25)15-7-4-8-20-11-15/h2,4-12,22H,1,3H2. The molecule has 0 fully saturated rings. The summed E-state index contributed by atoms with van der Waals surface area (Å²) in [6.07, 6.45) is 12.5. The molecule has 0 radical (unpaired) electrons. The summed E-state index contributed by atoms with van der Waals surface area (Å²) in [5, 5.41) is 4.64. The van der Waals surface area contributed by atoms with E-state index in [1.807, 2.05) is 12.1 Å². The quantitative estimate of drug-likeness (QED) is 0.737. The summed E-state index contributed by atoms with van der Waals surface area (Å²) in [6.45, 7) is 0. The summed E-state index contributed by atoms with van der Waals surface area (Å²) in [6, 6.07) is 6.71. The van der Waals surface area contributed by atoms with Gasteiger partial charge in [-0.15, -0.1) is 0 Å². The molecule has 0 saturated heterocycles. The van der Waals surface area contributed by atoms with E-state index >= 15 is 0 Å². The monoisotopic (exact) mass is 386 g/mol. The van der Waals surface area contributed by atoms with Gasteiger partial charge in [-0.3, -0.25) is 9.71 Å². The van der Waals surface area contributed by atoms with Gasteiger partial charge in [0, 0.05) is 12.4 Å². The Morgan fingerprint density at radius 2 is 2.08 bits per heavy atom. The molecule has 6 nitrogen and oxygen atoms in total. The normalized spacial score (nSPS) is 14.4. The van der Waals surface area contributed by atoms with E-state index in [0.717, 1.165) is 24.0 Å². The van der Waals surface area contributed by atoms with Gasteiger partial charge in [-0.25, -0.2) is 12.9 Å². The van der Waals surface area contributed by atoms with Gasteiger partial charge in [0.25, 0.3) is 10.0 Å². The van der Waals surface area contributed by atoms with E-state index < -0.39 is 10.0 Å². The number of halogens is 1. The Morgan fingerprint density at radius 3 is 2.81 bits per heavy atom. The maximum Gasteiger partial charge on any atom is 0.264 e. The molecular formula is C18H15ClN4O2S. The predicted octanol–water partition coefficient (Wildman–Crippen LogP) is 3.92. The molecule has 4 rings (SSSR count). The van der Waals surface area contributed by atoms with E-state index in [0.29, 0.717) is 16.4 Å². The Kier molecular flexibility index (Phi) is 4.26. The minimum atomic E-state index is -3.80. The van der Waals surface area contributed by atoms with Crippen molar-refractivity contribution in [1.29, 1.82) is 0 Å². The third-order valence-corrected chi connectivity index (χ3v) is 5.72. The van der Waals surface area contributed by atoms with Crippen LogP contribution in [0.5, 0.6) is 0 Å². The number of rotatable bonds is 4. The molecule has 1 N–H and O–H groups in total. The molecule has 0 unspecified atom stereocenters. The molecule has 8 heteroatoms. The van der Waals surface area contributed by atoms with Crippen LogP contribution >= 0.6 is 11.6 Å². The zero-order valence-electron chi connectivity index (χ0n) is 13.6. The number of nitrogens with zero attached hydrogens (tertiary/aromatic N) is 3. The molecule has 3 aromatic rings. The number of nitrogens with one attached hydrogen (secondary N) is 1. The summed E-state index contributed by atoms with van der Waals surface area (Å²) >= 11 is 6.24. The molecule has 132 valence electrons. The zero-order chi connectivity index (χ0) is 18.1. The average Bonchev–Trinajstić information content (AvgIpc) is 3.04. The molecule has 0 atom stereocenters. The Bertz CT molecular complexity index is 1130. The molecule has 1 aliphatic rings. The van der Waals surface area contributed by atoms with Gasteiger partial charge in [-0.2, -0.15) is 5.10 Å². The van der Waals surface area contributed by atoms with Gasteiger partial charge in [0.2, 0.25) is 0 Å². The molecule has 0 spiro atoms. The van der Waals surface area contributed by atoms with Crippen LogP contribution in [-0.4, -0.2) is 23.0 Å². The highest BCUT2D eigenvalue weighted by Gasteiger charge is 2.18. The fourth-order valence-electron chi connectivity index (χ4n) is 2.83. The second-order valence-electron chi connectivity index (χ2n) is 5.85. The zero-order valence-corrected chi connectivity index (χ0v) is 15.2. The van der Waals surface area contributed by atoms with Crippen molar-refractivity contribution in [2.45, 2.75) is 17.7 Å². The Balaban J connectivity index is 1.84. The second-order valence-corrected chi connectivity index (χ2v) is 7.94. The maximum atomic E-state index is 12.7. The summed E-state index contributed by atoms with van der Waals surface area (Å²) in [5.74, 6) is 0.313. The van der Waals surface area contributed by atoms with Gasteiger partial charge in [0.15, 0.2) is 0 Å². The van der Waals surface area contributed by atoms with Gasteiger partial charge in [-0.05, 0) is 48.2 Å². The first-order valence-electron chi connectivity index (χ1n) is 8.02. The largest absolute Gasteiger partial charge is 0.264 e. The third-order valence-electron chi connectivity index (χ3n) is 4.08. The molecule has 3 aromatic heterocycles. The number of anilines is 1. The minimum Gasteiger partial charge on any atom is -0.263 e. The molecule has 0 aromatic carbocycles. The molecule has 1 aliphatic carbocycles. The summed E-state index contributed by atoms with van der Waals surface area (Å²) in [7, 11) is -3.80. The first-order valence-corrected chi connectivity index (χ1v) is 9.88. The van der Waals surface area contributed by atoms with Crippen molar-refractivity contribution < 1.29 is 8.42 Å². The number of allylic oxidation sites excluding steroid dienone is 4. The number of fused-ring (bicyclic) bond motifs is 1. The second kappa shape index (κ2) is 6.59. The van der Waals surface area contributed by atoms with E-state index in [9.17, 15) is 8.42 Å². The fourth-order valence-corrected chi connectivity index (χ4v) is 4.00. The van der Waals surface area contributed by atoms with E-state index in [1.165, 1.54) is 29.2 Å². The van der Waals surface area contributed by atoms with Gasteiger partial charge in [-0.1, -0.05) is 29.8 Å². The maximum absolute atomic E-state index is 12.7. The number of hydrogen-bond donors (Lipinski definition) is 1. The van der Waals surface area contributed by atoms with Gasteiger partial charge in [0.1, 0.15) is 10.7 Å². The lowest BCUT2D eigenvalue weighted by Gasteiger charge is -2.13. The van der Waals surface area contributed by atoms with Crippen molar-refractivity contribution in [2.24, 2.45) is 0 Å². The van der Waals surface area contributed by atoms with Crippen LogP contribution in [0.3, 0.4) is 0 Å². The highest BCUT2D eigenvalue weighted by Crippen LogP contribution is 2.29. The summed E-state index contributed by atoms with van der Waals surface area (Å²) < 4.78 is 29.4. The number of hydrogen-bond acceptors (Lipinski definition) is 4. The lowest BCUT2D eigenvalue weighted by Crippen LogP contribution is -2.16. The predicted molar refractivity (Wildman–Crippen MR) is 102 cm³/mol. The highest BCUT2D eigenvalue weighted by molar-refractivity contribution is 7.92. The molecule has 0 amide bonds. The van der Waals surface area contributed by atoms with Crippen molar-refractivity contribution in [3.63, 3.8) is 0 Å². The number of aromatic nitrogens is 3. The van der Waals surface area contributed by atoms with Crippen LogP contribution in [0.25, 0.3) is 11.1 Å². The Morgan fingerprint density at radius 1 is 1.19 bits per heavy atom. The van der Waals surface area contributed by atoms with E-state index in [4.69, 9.17) is 11.6 Å². The van der Waals surface area contributed by atoms with Crippen LogP contribution < -0.4 is 4.72 Å². The van der Waals surface area contributed by atoms with Crippen LogP contribution in [-0.2, 0) is 10.0 Å². The van der Waals surface area contributed by atoms with Crippen LogP contribution in [0, 0.1) is 0 Å². The van der Waals surface area contributed by atoms with Crippen molar-refractivity contribution in [2.75, 3.05) is 4.72 Å². The molecule has 3 heterocycles. The van der Waals surface area contributed by atoms with Crippen LogP contribution in [0.4, 0.5) is 5.82 Å². The first-order chi connectivity index (χ1) is 12.5. The van der Waals surface area contributed by atoms with E-state index in [2.05, 4.69) is 27.0 Å². The Labute approximate surface area is 155 Å². The van der Waals surface area contributed by atoms with Crippen LogP contribution in [0.1, 0.15) is 18.4 Å². The van der Waals surface area contributed by atoms with Gasteiger partial charge < -0.3 is 0 Å². The van der Waals surface area contributed by atoms with E-state index in [1.54, 1.807) is 12.1 Å². The average molecular weight is 387 g/mol. The lowest BCUT2D eigenvalue weighted by molar-refractivity contribution is 0.600. The van der Waals surface area contributed by atoms with E-state index in [-0.39, 0.29) is 4.90 Å². The Hall–Kier alpha value is -2.64. The number of sulfonamides is 1. The molecule has 26 heavy (non-hydrogen) atoms. The van der Waals surface area contributed by atoms with Gasteiger partial charge >= 0.3 is 0 Å². The van der Waals surface area contributed by atoms with Crippen LogP contribution in [0.2, 0.25) is 5.02 Å². The van der Waals surface area contributed by atoms with Crippen LogP contribution in [0.15, 0.2) is 66.0 Å². The fraction of sp³-hybridized carbons (Fsp3) is 0.111. The minimum absolute atomic E-state index is 0.0774. The molecular weight excluding hydrogens is 372 g/mol. The van der Waals surface area contributed by atoms with Crippen molar-refractivity contribution >= 4 is 38.5 Å². The summed E-state index contributed by atoms with van der Waals surface area (Å²) in [5.41, 5.74) is 2.53. The molecule has 0 aliphatic heterocycles. The first kappa shape index (κ1) is 16.8. The summed E-state index contributed by atoms with van der Waals surface area (Å²) in [4.78, 5) is 3.95. The third kappa shape index (κ3) is 3.11. The van der Waals surface area contributed by atoms with Crippen molar-refractivity contribution in [3.8, 4) is 0 Å². The number of pyridine rings is 2. The lowest BCUT2D eigenvalue weighted by atomic mass is 10.00. The van der Waals surface area contributed by atoms with Crippen molar-refractivity contribution in [3.05, 3.63) is 71.7 Å². The van der Waals surface area contributed by atoms with Gasteiger partial charge in [0.05, 0.1) is 16.7 Å². The molecule has 0 bridgehead atoms. The topological polar surface area (TPSA) is 76.4 Å².